The number of ether oxygens (including phenoxy) is 2. The van der Waals surface area contributed by atoms with Crippen molar-refractivity contribution in [3.63, 3.8) is 0 Å². The molecule has 0 radical (unpaired) electrons. The summed E-state index contributed by atoms with van der Waals surface area (Å²) >= 11 is 0. The van der Waals surface area contributed by atoms with Gasteiger partial charge in [0.05, 0.1) is 30.2 Å². The Hall–Kier alpha value is -3.77. The third kappa shape index (κ3) is 5.66. The van der Waals surface area contributed by atoms with Crippen LogP contribution in [0.3, 0.4) is 0 Å². The van der Waals surface area contributed by atoms with Gasteiger partial charge in [0.15, 0.2) is 11.5 Å². The summed E-state index contributed by atoms with van der Waals surface area (Å²) in [6.45, 7) is 9.94. The summed E-state index contributed by atoms with van der Waals surface area (Å²) in [5.41, 5.74) is 5.83. The van der Waals surface area contributed by atoms with Crippen molar-refractivity contribution >= 4 is 28.6 Å². The Morgan fingerprint density at radius 2 is 1.57 bits per heavy atom. The van der Waals surface area contributed by atoms with E-state index < -0.39 is 0 Å². The molecule has 0 aliphatic carbocycles. The maximum absolute atomic E-state index is 13.3. The quantitative estimate of drug-likeness (QED) is 0.321. The lowest BCUT2D eigenvalue weighted by atomic mass is 9.99. The first kappa shape index (κ1) is 24.4. The molecule has 182 valence electrons. The molecule has 4 rings (SSSR count). The molecule has 6 heteroatoms. The van der Waals surface area contributed by atoms with E-state index in [4.69, 9.17) is 9.47 Å². The number of amides is 1. The lowest BCUT2D eigenvalue weighted by molar-refractivity contribution is -0.110. The zero-order valence-corrected chi connectivity index (χ0v) is 20.8. The van der Waals surface area contributed by atoms with Gasteiger partial charge in [-0.2, -0.15) is 0 Å². The molecule has 0 fully saturated rings. The summed E-state index contributed by atoms with van der Waals surface area (Å²) in [5, 5.41) is 9.96. The van der Waals surface area contributed by atoms with Gasteiger partial charge in [0.1, 0.15) is 0 Å². The van der Waals surface area contributed by atoms with Gasteiger partial charge in [-0.3, -0.25) is 4.79 Å². The number of nitrogens with one attached hydrogen (secondary N) is 3. The third-order valence-corrected chi connectivity index (χ3v) is 5.68. The van der Waals surface area contributed by atoms with E-state index in [2.05, 4.69) is 41.9 Å². The van der Waals surface area contributed by atoms with Gasteiger partial charge in [-0.1, -0.05) is 56.3 Å². The molecule has 1 heterocycles. The number of hydrogen-bond acceptors (Lipinski definition) is 5. The molecule has 1 aliphatic rings. The monoisotopic (exact) mass is 471 g/mol. The van der Waals surface area contributed by atoms with Crippen LogP contribution in [-0.2, 0) is 11.3 Å². The Morgan fingerprint density at radius 1 is 0.914 bits per heavy atom. The number of carbonyl (C=O) groups is 1. The van der Waals surface area contributed by atoms with Crippen LogP contribution in [-0.4, -0.2) is 25.2 Å². The first-order chi connectivity index (χ1) is 17.0. The van der Waals surface area contributed by atoms with Crippen molar-refractivity contribution in [2.24, 2.45) is 0 Å². The molecule has 3 aromatic rings. The average molecular weight is 472 g/mol. The summed E-state index contributed by atoms with van der Waals surface area (Å²) in [6.07, 6.45) is 0. The number of benzene rings is 3. The van der Waals surface area contributed by atoms with E-state index in [1.165, 1.54) is 5.56 Å². The molecule has 0 unspecified atom stereocenters. The maximum atomic E-state index is 13.3. The van der Waals surface area contributed by atoms with Crippen LogP contribution in [0.25, 0.3) is 11.3 Å². The fourth-order valence-corrected chi connectivity index (χ4v) is 4.02. The largest absolute Gasteiger partial charge is 0.490 e. The molecular formula is C29H33N3O3. The Bertz CT molecular complexity index is 1200. The molecule has 3 N–H and O–H groups in total. The standard InChI is InChI=1S/C29H33N3O3/c1-5-34-25-16-23-24(17-26(25)35-6-2)32-29(33)27(23)28(21-10-8-7-9-11-21)31-22-14-12-20(13-15-22)18-30-19(3)4/h7-17,19,30-31H,5-6,18H2,1-4H3,(H,32,33). The van der Waals surface area contributed by atoms with Gasteiger partial charge in [-0.25, -0.2) is 0 Å². The molecule has 0 atom stereocenters. The third-order valence-electron chi connectivity index (χ3n) is 5.68. The van der Waals surface area contributed by atoms with Gasteiger partial charge in [-0.15, -0.1) is 0 Å². The number of rotatable bonds is 10. The predicted octanol–water partition coefficient (Wildman–Crippen LogP) is 5.91. The predicted molar refractivity (Wildman–Crippen MR) is 143 cm³/mol. The fraction of sp³-hybridized carbons (Fsp3) is 0.276. The van der Waals surface area contributed by atoms with Gasteiger partial charge in [-0.05, 0) is 43.2 Å². The summed E-state index contributed by atoms with van der Waals surface area (Å²) in [6, 6.07) is 22.3. The second kappa shape index (κ2) is 11.1. The lowest BCUT2D eigenvalue weighted by Crippen LogP contribution is -2.21. The topological polar surface area (TPSA) is 71.6 Å². The molecule has 0 saturated carbocycles. The zero-order valence-electron chi connectivity index (χ0n) is 20.8. The van der Waals surface area contributed by atoms with E-state index in [-0.39, 0.29) is 5.91 Å². The van der Waals surface area contributed by atoms with Crippen LogP contribution in [0.4, 0.5) is 11.4 Å². The first-order valence-corrected chi connectivity index (χ1v) is 12.1. The average Bonchev–Trinajstić information content (AvgIpc) is 3.17. The highest BCUT2D eigenvalue weighted by Gasteiger charge is 2.30. The minimum absolute atomic E-state index is 0.166. The van der Waals surface area contributed by atoms with E-state index in [0.29, 0.717) is 42.0 Å². The van der Waals surface area contributed by atoms with Crippen LogP contribution in [0.5, 0.6) is 11.5 Å². The molecule has 0 bridgehead atoms. The minimum atomic E-state index is -0.166. The van der Waals surface area contributed by atoms with Crippen molar-refractivity contribution in [2.75, 3.05) is 23.8 Å². The number of anilines is 2. The van der Waals surface area contributed by atoms with Crippen molar-refractivity contribution in [1.82, 2.24) is 5.32 Å². The molecule has 1 amide bonds. The van der Waals surface area contributed by atoms with Crippen molar-refractivity contribution in [3.8, 4) is 11.5 Å². The Labute approximate surface area is 207 Å². The summed E-state index contributed by atoms with van der Waals surface area (Å²) in [5.74, 6) is 1.08. The second-order valence-corrected chi connectivity index (χ2v) is 8.64. The highest BCUT2D eigenvalue weighted by molar-refractivity contribution is 6.37. The Balaban J connectivity index is 1.77. The van der Waals surface area contributed by atoms with Gasteiger partial charge >= 0.3 is 0 Å². The van der Waals surface area contributed by atoms with Crippen molar-refractivity contribution < 1.29 is 14.3 Å². The van der Waals surface area contributed by atoms with Gasteiger partial charge in [0.25, 0.3) is 5.91 Å². The van der Waals surface area contributed by atoms with Crippen LogP contribution < -0.4 is 25.4 Å². The smallest absolute Gasteiger partial charge is 0.258 e. The van der Waals surface area contributed by atoms with E-state index >= 15 is 0 Å². The first-order valence-electron chi connectivity index (χ1n) is 12.1. The summed E-state index contributed by atoms with van der Waals surface area (Å²) in [7, 11) is 0. The van der Waals surface area contributed by atoms with Gasteiger partial charge in [0.2, 0.25) is 0 Å². The zero-order chi connectivity index (χ0) is 24.8. The molecule has 0 spiro atoms. The van der Waals surface area contributed by atoms with E-state index in [9.17, 15) is 4.79 Å². The van der Waals surface area contributed by atoms with Gasteiger partial charge in [0, 0.05) is 29.9 Å². The normalized spacial score (nSPS) is 13.9. The Morgan fingerprint density at radius 3 is 2.20 bits per heavy atom. The van der Waals surface area contributed by atoms with E-state index in [1.807, 2.05) is 68.4 Å². The molecule has 0 aromatic heterocycles. The van der Waals surface area contributed by atoms with Crippen LogP contribution in [0, 0.1) is 0 Å². The lowest BCUT2D eigenvalue weighted by Gasteiger charge is -2.16. The summed E-state index contributed by atoms with van der Waals surface area (Å²) in [4.78, 5) is 13.3. The number of hydrogen-bond donors (Lipinski definition) is 3. The fourth-order valence-electron chi connectivity index (χ4n) is 4.02. The highest BCUT2D eigenvalue weighted by Crippen LogP contribution is 2.43. The minimum Gasteiger partial charge on any atom is -0.490 e. The highest BCUT2D eigenvalue weighted by atomic mass is 16.5. The van der Waals surface area contributed by atoms with Crippen LogP contribution in [0.2, 0.25) is 0 Å². The number of carbonyl (C=O) groups excluding carboxylic acids is 1. The van der Waals surface area contributed by atoms with Crippen LogP contribution in [0.1, 0.15) is 44.4 Å². The van der Waals surface area contributed by atoms with Crippen LogP contribution >= 0.6 is 0 Å². The molecule has 6 nitrogen and oxygen atoms in total. The van der Waals surface area contributed by atoms with E-state index in [1.54, 1.807) is 0 Å². The number of fused-ring (bicyclic) bond motifs is 1. The maximum Gasteiger partial charge on any atom is 0.258 e. The van der Waals surface area contributed by atoms with E-state index in [0.717, 1.165) is 29.1 Å². The Kier molecular flexibility index (Phi) is 7.73. The second-order valence-electron chi connectivity index (χ2n) is 8.64. The molecule has 0 saturated heterocycles. The van der Waals surface area contributed by atoms with Crippen molar-refractivity contribution in [1.29, 1.82) is 0 Å². The van der Waals surface area contributed by atoms with Crippen LogP contribution in [0.15, 0.2) is 66.7 Å². The molecular weight excluding hydrogens is 438 g/mol. The van der Waals surface area contributed by atoms with Gasteiger partial charge < -0.3 is 25.4 Å². The molecule has 1 aliphatic heterocycles. The van der Waals surface area contributed by atoms with Crippen molar-refractivity contribution in [2.45, 2.75) is 40.3 Å². The SMILES string of the molecule is CCOc1cc2c(cc1OCC)C(=C(Nc1ccc(CNC(C)C)cc1)c1ccccc1)C(=O)N2. The molecule has 35 heavy (non-hydrogen) atoms. The summed E-state index contributed by atoms with van der Waals surface area (Å²) < 4.78 is 11.6. The molecule has 3 aromatic carbocycles. The van der Waals surface area contributed by atoms with Crippen molar-refractivity contribution in [3.05, 3.63) is 83.4 Å².